The topological polar surface area (TPSA) is 99.2 Å². The minimum atomic E-state index is -0.440. The molecule has 1 N–H and O–H groups in total. The number of hydrogen-bond donors (Lipinski definition) is 1. The van der Waals surface area contributed by atoms with E-state index in [1.54, 1.807) is 60.6 Å². The molecule has 1 amide bonds. The Morgan fingerprint density at radius 1 is 0.872 bits per heavy atom. The molecule has 0 saturated heterocycles. The normalized spacial score (nSPS) is 10.4. The Bertz CT molecular complexity index is 1240. The minimum absolute atomic E-state index is 0.164. The number of thiocarbonyl (C=S) groups is 1. The van der Waals surface area contributed by atoms with Gasteiger partial charge in [-0.2, -0.15) is 0 Å². The van der Waals surface area contributed by atoms with Gasteiger partial charge in [-0.3, -0.25) is 15.1 Å². The van der Waals surface area contributed by atoms with Gasteiger partial charge in [0.1, 0.15) is 0 Å². The largest absolute Gasteiger partial charge is 0.490 e. The molecule has 39 heavy (non-hydrogen) atoms. The second-order valence-corrected chi connectivity index (χ2v) is 8.46. The van der Waals surface area contributed by atoms with Crippen molar-refractivity contribution in [2.45, 2.75) is 34.2 Å². The summed E-state index contributed by atoms with van der Waals surface area (Å²) >= 11 is 5.69. The number of nitrogens with one attached hydrogen (secondary N) is 1. The summed E-state index contributed by atoms with van der Waals surface area (Å²) in [6.07, 6.45) is 3.40. The lowest BCUT2D eigenvalue weighted by Gasteiger charge is -2.26. The number of anilines is 1. The maximum absolute atomic E-state index is 13.4. The van der Waals surface area contributed by atoms with E-state index in [0.29, 0.717) is 60.4 Å². The fourth-order valence-electron chi connectivity index (χ4n) is 3.70. The van der Waals surface area contributed by atoms with Gasteiger partial charge in [-0.25, -0.2) is 4.79 Å². The highest BCUT2D eigenvalue weighted by atomic mass is 32.1. The summed E-state index contributed by atoms with van der Waals surface area (Å²) in [7, 11) is 0. The lowest BCUT2D eigenvalue weighted by molar-refractivity contribution is 0.0526. The molecule has 1 heterocycles. The molecule has 0 atom stereocenters. The van der Waals surface area contributed by atoms with Crippen molar-refractivity contribution in [3.05, 3.63) is 77.6 Å². The zero-order valence-electron chi connectivity index (χ0n) is 22.6. The molecule has 0 radical (unpaired) electrons. The van der Waals surface area contributed by atoms with Crippen LogP contribution in [0.1, 0.15) is 54.0 Å². The van der Waals surface area contributed by atoms with Crippen molar-refractivity contribution in [1.82, 2.24) is 10.3 Å². The molecule has 2 aromatic carbocycles. The van der Waals surface area contributed by atoms with Crippen molar-refractivity contribution in [1.29, 1.82) is 0 Å². The fraction of sp³-hybridized carbons (Fsp3) is 0.310. The van der Waals surface area contributed by atoms with E-state index < -0.39 is 11.9 Å². The Kier molecular flexibility index (Phi) is 11.1. The highest BCUT2D eigenvalue weighted by Gasteiger charge is 2.21. The maximum Gasteiger partial charge on any atom is 0.338 e. The molecular weight excluding hydrogens is 518 g/mol. The molecule has 10 heteroatoms. The van der Waals surface area contributed by atoms with E-state index in [1.165, 1.54) is 0 Å². The zero-order chi connectivity index (χ0) is 28.2. The number of rotatable bonds is 12. The number of nitrogens with zero attached hydrogens (tertiary/aromatic N) is 2. The average molecular weight is 552 g/mol. The Hall–Kier alpha value is -4.18. The Morgan fingerprint density at radius 2 is 1.51 bits per heavy atom. The van der Waals surface area contributed by atoms with Crippen molar-refractivity contribution in [2.75, 3.05) is 31.3 Å². The van der Waals surface area contributed by atoms with E-state index in [1.807, 2.05) is 32.9 Å². The highest BCUT2D eigenvalue weighted by Crippen LogP contribution is 2.39. The summed E-state index contributed by atoms with van der Waals surface area (Å²) in [6.45, 7) is 9.11. The average Bonchev–Trinajstić information content (AvgIpc) is 2.94. The van der Waals surface area contributed by atoms with Crippen LogP contribution in [0.2, 0.25) is 0 Å². The van der Waals surface area contributed by atoms with Crippen LogP contribution < -0.4 is 24.4 Å². The molecule has 0 unspecified atom stereocenters. The van der Waals surface area contributed by atoms with Crippen LogP contribution in [0.5, 0.6) is 17.2 Å². The summed E-state index contributed by atoms with van der Waals surface area (Å²) in [5.74, 6) is 0.403. The smallest absolute Gasteiger partial charge is 0.338 e. The van der Waals surface area contributed by atoms with E-state index in [2.05, 4.69) is 10.3 Å². The molecule has 0 spiro atoms. The third-order valence-corrected chi connectivity index (χ3v) is 5.71. The number of ether oxygens (including phenoxy) is 4. The van der Waals surface area contributed by atoms with Crippen LogP contribution in [0.15, 0.2) is 60.9 Å². The zero-order valence-corrected chi connectivity index (χ0v) is 23.4. The molecule has 3 rings (SSSR count). The van der Waals surface area contributed by atoms with Gasteiger partial charge in [0.05, 0.1) is 38.5 Å². The molecular formula is C29H33N3O6S. The number of benzene rings is 2. The highest BCUT2D eigenvalue weighted by molar-refractivity contribution is 7.80. The number of hydrogen-bond acceptors (Lipinski definition) is 8. The third kappa shape index (κ3) is 7.90. The summed E-state index contributed by atoms with van der Waals surface area (Å²) in [4.78, 5) is 31.4. The second-order valence-electron chi connectivity index (χ2n) is 8.07. The Morgan fingerprint density at radius 3 is 2.05 bits per heavy atom. The van der Waals surface area contributed by atoms with E-state index in [-0.39, 0.29) is 11.7 Å². The molecule has 0 fully saturated rings. The first-order valence-electron chi connectivity index (χ1n) is 12.8. The van der Waals surface area contributed by atoms with Gasteiger partial charge in [0.15, 0.2) is 16.6 Å². The number of carbonyl (C=O) groups is 2. The van der Waals surface area contributed by atoms with Crippen molar-refractivity contribution >= 4 is 34.9 Å². The van der Waals surface area contributed by atoms with Crippen LogP contribution in [0, 0.1) is 0 Å². The lowest BCUT2D eigenvalue weighted by Crippen LogP contribution is -2.42. The van der Waals surface area contributed by atoms with E-state index in [0.717, 1.165) is 5.56 Å². The number of carbonyl (C=O) groups excluding carboxylic acids is 2. The molecule has 0 saturated carbocycles. The molecule has 0 bridgehead atoms. The number of amides is 1. The van der Waals surface area contributed by atoms with E-state index >= 15 is 0 Å². The Balaban J connectivity index is 1.91. The lowest BCUT2D eigenvalue weighted by atomic mass is 10.1. The van der Waals surface area contributed by atoms with Crippen molar-refractivity contribution in [2.24, 2.45) is 0 Å². The molecule has 9 nitrogen and oxygen atoms in total. The molecule has 3 aromatic rings. The van der Waals surface area contributed by atoms with Crippen LogP contribution in [0.3, 0.4) is 0 Å². The summed E-state index contributed by atoms with van der Waals surface area (Å²) < 4.78 is 22.3. The molecule has 1 aromatic heterocycles. The van der Waals surface area contributed by atoms with Crippen LogP contribution in [-0.4, -0.2) is 48.4 Å². The summed E-state index contributed by atoms with van der Waals surface area (Å²) in [6, 6.07) is 13.8. The van der Waals surface area contributed by atoms with E-state index in [9.17, 15) is 9.59 Å². The fourth-order valence-corrected chi connectivity index (χ4v) is 3.97. The van der Waals surface area contributed by atoms with Gasteiger partial charge in [0, 0.05) is 23.6 Å². The van der Waals surface area contributed by atoms with Crippen LogP contribution in [0.25, 0.3) is 0 Å². The number of aromatic nitrogens is 1. The second kappa shape index (κ2) is 14.7. The number of esters is 1. The maximum atomic E-state index is 13.4. The van der Waals surface area contributed by atoms with Crippen LogP contribution in [0.4, 0.5) is 5.69 Å². The molecule has 0 aliphatic rings. The Labute approximate surface area is 234 Å². The minimum Gasteiger partial charge on any atom is -0.490 e. The van der Waals surface area contributed by atoms with Gasteiger partial charge < -0.3 is 23.8 Å². The van der Waals surface area contributed by atoms with Crippen molar-refractivity contribution in [3.8, 4) is 17.2 Å². The summed E-state index contributed by atoms with van der Waals surface area (Å²) in [5, 5.41) is 2.98. The van der Waals surface area contributed by atoms with Gasteiger partial charge in [0.2, 0.25) is 5.75 Å². The van der Waals surface area contributed by atoms with Gasteiger partial charge in [-0.15, -0.1) is 0 Å². The van der Waals surface area contributed by atoms with Crippen LogP contribution >= 0.6 is 12.2 Å². The summed E-state index contributed by atoms with van der Waals surface area (Å²) in [5.41, 5.74) is 2.26. The molecule has 0 aliphatic carbocycles. The van der Waals surface area contributed by atoms with Crippen molar-refractivity contribution < 1.29 is 28.5 Å². The third-order valence-electron chi connectivity index (χ3n) is 5.39. The predicted octanol–water partition coefficient (Wildman–Crippen LogP) is 5.18. The van der Waals surface area contributed by atoms with Gasteiger partial charge in [-0.1, -0.05) is 6.07 Å². The first-order chi connectivity index (χ1) is 18.9. The van der Waals surface area contributed by atoms with Gasteiger partial charge >= 0.3 is 5.97 Å². The first kappa shape index (κ1) is 29.4. The predicted molar refractivity (Wildman–Crippen MR) is 153 cm³/mol. The van der Waals surface area contributed by atoms with E-state index in [4.69, 9.17) is 31.2 Å². The molecule has 0 aliphatic heterocycles. The molecule has 206 valence electrons. The quantitative estimate of drug-likeness (QED) is 0.241. The van der Waals surface area contributed by atoms with Gasteiger partial charge in [-0.05, 0) is 87.9 Å². The van der Waals surface area contributed by atoms with Gasteiger partial charge in [0.25, 0.3) is 5.91 Å². The standard InChI is InChI=1S/C29H33N3O6S/c1-5-35-24-16-22(17-25(36-6-2)26(24)37-7-3)27(33)31-29(39)32(19-20-10-9-15-30-18-20)23-13-11-21(12-14-23)28(34)38-8-4/h9-18H,5-8,19H2,1-4H3,(H,31,33,39). The monoisotopic (exact) mass is 551 g/mol. The van der Waals surface area contributed by atoms with Crippen molar-refractivity contribution in [3.63, 3.8) is 0 Å². The number of pyridine rings is 1. The first-order valence-corrected chi connectivity index (χ1v) is 13.2. The van der Waals surface area contributed by atoms with Crippen LogP contribution in [-0.2, 0) is 11.3 Å². The SMILES string of the molecule is CCOC(=O)c1ccc(N(Cc2cccnc2)C(=S)NC(=O)c2cc(OCC)c(OCC)c(OCC)c2)cc1.